The molecule has 6 heteroatoms. The highest BCUT2D eigenvalue weighted by Gasteiger charge is 2.30. The number of benzene rings is 1. The Labute approximate surface area is 186 Å². The maximum Gasteiger partial charge on any atom is 0.138 e. The number of hydrogen-bond acceptors (Lipinski definition) is 6. The van der Waals surface area contributed by atoms with Gasteiger partial charge in [-0.2, -0.15) is 0 Å². The summed E-state index contributed by atoms with van der Waals surface area (Å²) in [4.78, 5) is 20.3. The lowest BCUT2D eigenvalue weighted by atomic mass is 9.94. The van der Waals surface area contributed by atoms with Crippen molar-refractivity contribution in [1.29, 1.82) is 0 Å². The molecule has 2 unspecified atom stereocenters. The summed E-state index contributed by atoms with van der Waals surface area (Å²) in [6.45, 7) is 5.25. The maximum absolute atomic E-state index is 12.8. The summed E-state index contributed by atoms with van der Waals surface area (Å²) in [5.41, 5.74) is 3.69. The standard InChI is InChI=1S/C24H30N2O2S2/c1-15-13-18-22(24-26-19-10-6-7-11-20(19)30-24)21(29-23(18)16(2)25-15)14-17(27)9-5-4-8-12-28-3/h6-7,10-11,15-16,25H,4-5,8-9,12-14H2,1-3H3. The van der Waals surface area contributed by atoms with Gasteiger partial charge < -0.3 is 10.1 Å². The first kappa shape index (κ1) is 21.6. The third kappa shape index (κ3) is 4.67. The Morgan fingerprint density at radius 1 is 1.20 bits per heavy atom. The van der Waals surface area contributed by atoms with Crippen LogP contribution in [0.15, 0.2) is 24.3 Å². The number of para-hydroxylation sites is 1. The van der Waals surface area contributed by atoms with Crippen LogP contribution in [-0.2, 0) is 22.4 Å². The van der Waals surface area contributed by atoms with E-state index in [2.05, 4.69) is 37.4 Å². The molecule has 4 rings (SSSR count). The molecular weight excluding hydrogens is 412 g/mol. The van der Waals surface area contributed by atoms with Crippen LogP contribution in [0.3, 0.4) is 0 Å². The molecule has 0 saturated heterocycles. The highest BCUT2D eigenvalue weighted by molar-refractivity contribution is 7.22. The van der Waals surface area contributed by atoms with Gasteiger partial charge in [-0.05, 0) is 50.8 Å². The number of unbranched alkanes of at least 4 members (excludes halogenated alkanes) is 2. The van der Waals surface area contributed by atoms with E-state index in [0.717, 1.165) is 42.8 Å². The Bertz CT molecular complexity index is 991. The van der Waals surface area contributed by atoms with Gasteiger partial charge in [-0.1, -0.05) is 18.6 Å². The van der Waals surface area contributed by atoms with Gasteiger partial charge in [-0.15, -0.1) is 22.7 Å². The lowest BCUT2D eigenvalue weighted by Crippen LogP contribution is -2.35. The minimum Gasteiger partial charge on any atom is -0.385 e. The van der Waals surface area contributed by atoms with Gasteiger partial charge in [-0.3, -0.25) is 4.79 Å². The molecule has 1 aliphatic rings. The molecule has 1 aromatic carbocycles. The number of hydrogen-bond donors (Lipinski definition) is 1. The molecule has 0 saturated carbocycles. The number of ketones is 1. The Morgan fingerprint density at radius 3 is 2.83 bits per heavy atom. The van der Waals surface area contributed by atoms with Crippen molar-refractivity contribution >= 4 is 38.7 Å². The van der Waals surface area contributed by atoms with E-state index in [1.54, 1.807) is 18.4 Å². The van der Waals surface area contributed by atoms with Crippen LogP contribution in [0.4, 0.5) is 0 Å². The Hall–Kier alpha value is -1.60. The molecule has 1 aliphatic heterocycles. The van der Waals surface area contributed by atoms with Crippen LogP contribution in [0.25, 0.3) is 20.8 Å². The minimum atomic E-state index is 0.319. The third-order valence-electron chi connectivity index (χ3n) is 5.72. The predicted molar refractivity (Wildman–Crippen MR) is 127 cm³/mol. The quantitative estimate of drug-likeness (QED) is 0.417. The van der Waals surface area contributed by atoms with Crippen molar-refractivity contribution in [2.24, 2.45) is 0 Å². The number of carbonyl (C=O) groups excluding carboxylic acids is 1. The number of rotatable bonds is 9. The van der Waals surface area contributed by atoms with Crippen molar-refractivity contribution in [2.45, 2.75) is 64.5 Å². The average Bonchev–Trinajstić information content (AvgIpc) is 3.28. The van der Waals surface area contributed by atoms with E-state index in [-0.39, 0.29) is 0 Å². The highest BCUT2D eigenvalue weighted by atomic mass is 32.1. The normalized spacial score (nSPS) is 18.6. The fourth-order valence-corrected chi connectivity index (χ4v) is 6.83. The van der Waals surface area contributed by atoms with Crippen molar-refractivity contribution in [3.05, 3.63) is 39.6 Å². The van der Waals surface area contributed by atoms with Gasteiger partial charge in [0, 0.05) is 54.0 Å². The number of Topliss-reactive ketones (excluding diaryl/α,β-unsaturated/α-hetero) is 1. The predicted octanol–water partition coefficient (Wildman–Crippen LogP) is 5.94. The maximum atomic E-state index is 12.8. The summed E-state index contributed by atoms with van der Waals surface area (Å²) in [6, 6.07) is 9.06. The van der Waals surface area contributed by atoms with Gasteiger partial charge >= 0.3 is 0 Å². The number of thiazole rings is 1. The molecule has 0 radical (unpaired) electrons. The van der Waals surface area contributed by atoms with E-state index in [1.165, 1.54) is 25.6 Å². The second-order valence-corrected chi connectivity index (χ2v) is 10.4. The summed E-state index contributed by atoms with van der Waals surface area (Å²) < 4.78 is 6.31. The monoisotopic (exact) mass is 442 g/mol. The zero-order valence-corrected chi connectivity index (χ0v) is 19.6. The summed E-state index contributed by atoms with van der Waals surface area (Å²) in [7, 11) is 1.73. The molecule has 1 N–H and O–H groups in total. The van der Waals surface area contributed by atoms with Gasteiger partial charge in [0.1, 0.15) is 10.8 Å². The van der Waals surface area contributed by atoms with E-state index >= 15 is 0 Å². The summed E-state index contributed by atoms with van der Waals surface area (Å²) in [5, 5.41) is 4.73. The van der Waals surface area contributed by atoms with E-state index in [0.29, 0.717) is 30.7 Å². The van der Waals surface area contributed by atoms with E-state index in [4.69, 9.17) is 9.72 Å². The van der Waals surface area contributed by atoms with Gasteiger partial charge in [-0.25, -0.2) is 4.98 Å². The molecule has 3 aromatic rings. The van der Waals surface area contributed by atoms with Crippen LogP contribution in [0, 0.1) is 0 Å². The Kier molecular flexibility index (Phi) is 6.98. The van der Waals surface area contributed by atoms with E-state index < -0.39 is 0 Å². The molecule has 0 fully saturated rings. The van der Waals surface area contributed by atoms with E-state index in [1.807, 2.05) is 17.4 Å². The largest absolute Gasteiger partial charge is 0.385 e. The smallest absolute Gasteiger partial charge is 0.138 e. The number of fused-ring (bicyclic) bond motifs is 2. The number of nitrogens with zero attached hydrogens (tertiary/aromatic N) is 1. The minimum absolute atomic E-state index is 0.319. The first-order chi connectivity index (χ1) is 14.6. The summed E-state index contributed by atoms with van der Waals surface area (Å²) in [5.74, 6) is 0.335. The molecule has 30 heavy (non-hydrogen) atoms. The van der Waals surface area contributed by atoms with E-state index in [9.17, 15) is 4.79 Å². The zero-order chi connectivity index (χ0) is 21.1. The summed E-state index contributed by atoms with van der Waals surface area (Å²) >= 11 is 3.56. The second-order valence-electron chi connectivity index (χ2n) is 8.24. The molecule has 0 amide bonds. The summed E-state index contributed by atoms with van der Waals surface area (Å²) in [6.07, 6.45) is 5.17. The van der Waals surface area contributed by atoms with Crippen LogP contribution in [-0.4, -0.2) is 30.5 Å². The molecular formula is C24H30N2O2S2. The van der Waals surface area contributed by atoms with Crippen LogP contribution < -0.4 is 5.32 Å². The van der Waals surface area contributed by atoms with Crippen molar-refractivity contribution < 1.29 is 9.53 Å². The number of methoxy groups -OCH3 is 1. The Balaban J connectivity index is 1.63. The number of ether oxygens (including phenoxy) is 1. The van der Waals surface area contributed by atoms with Crippen LogP contribution in [0.1, 0.15) is 60.9 Å². The molecule has 2 atom stereocenters. The molecule has 3 heterocycles. The third-order valence-corrected chi connectivity index (χ3v) is 8.19. The van der Waals surface area contributed by atoms with Crippen molar-refractivity contribution in [3.8, 4) is 10.6 Å². The Morgan fingerprint density at radius 2 is 2.03 bits per heavy atom. The number of carbonyl (C=O) groups is 1. The molecule has 0 spiro atoms. The van der Waals surface area contributed by atoms with Gasteiger partial charge in [0.25, 0.3) is 0 Å². The fraction of sp³-hybridized carbons (Fsp3) is 0.500. The fourth-order valence-electron chi connectivity index (χ4n) is 4.32. The zero-order valence-electron chi connectivity index (χ0n) is 18.0. The van der Waals surface area contributed by atoms with Gasteiger partial charge in [0.15, 0.2) is 0 Å². The van der Waals surface area contributed by atoms with Crippen LogP contribution in [0.2, 0.25) is 0 Å². The van der Waals surface area contributed by atoms with Crippen LogP contribution in [0.5, 0.6) is 0 Å². The van der Waals surface area contributed by atoms with Crippen molar-refractivity contribution in [2.75, 3.05) is 13.7 Å². The topological polar surface area (TPSA) is 51.2 Å². The number of aromatic nitrogens is 1. The highest BCUT2D eigenvalue weighted by Crippen LogP contribution is 2.45. The molecule has 0 bridgehead atoms. The molecule has 0 aliphatic carbocycles. The number of thiophene rings is 1. The number of nitrogens with one attached hydrogen (secondary N) is 1. The molecule has 2 aromatic heterocycles. The average molecular weight is 443 g/mol. The first-order valence-electron chi connectivity index (χ1n) is 10.8. The SMILES string of the molecule is COCCCCCC(=O)Cc1sc2c(c1-c1nc3ccccc3s1)CC(C)NC2C. The van der Waals surface area contributed by atoms with Gasteiger partial charge in [0.05, 0.1) is 10.2 Å². The molecule has 160 valence electrons. The lowest BCUT2D eigenvalue weighted by Gasteiger charge is -2.26. The van der Waals surface area contributed by atoms with Crippen molar-refractivity contribution in [3.63, 3.8) is 0 Å². The molecule has 4 nitrogen and oxygen atoms in total. The lowest BCUT2D eigenvalue weighted by molar-refractivity contribution is -0.118. The van der Waals surface area contributed by atoms with Gasteiger partial charge in [0.2, 0.25) is 0 Å². The van der Waals surface area contributed by atoms with Crippen LogP contribution >= 0.6 is 22.7 Å². The first-order valence-corrected chi connectivity index (χ1v) is 12.5. The second kappa shape index (κ2) is 9.69. The van der Waals surface area contributed by atoms with Crippen molar-refractivity contribution in [1.82, 2.24) is 10.3 Å².